The fourth-order valence-electron chi connectivity index (χ4n) is 1.94. The first-order chi connectivity index (χ1) is 10.1. The van der Waals surface area contributed by atoms with Crippen LogP contribution in [0.15, 0.2) is 35.7 Å². The van der Waals surface area contributed by atoms with Crippen molar-refractivity contribution in [1.29, 1.82) is 0 Å². The molecule has 6 heteroatoms. The van der Waals surface area contributed by atoms with E-state index >= 15 is 0 Å². The van der Waals surface area contributed by atoms with E-state index in [0.717, 1.165) is 16.3 Å². The summed E-state index contributed by atoms with van der Waals surface area (Å²) >= 11 is 1.39. The van der Waals surface area contributed by atoms with E-state index in [0.29, 0.717) is 13.2 Å². The van der Waals surface area contributed by atoms with Gasteiger partial charge in [-0.25, -0.2) is 0 Å². The molecule has 2 N–H and O–H groups in total. The minimum absolute atomic E-state index is 0.142. The van der Waals surface area contributed by atoms with Gasteiger partial charge in [-0.3, -0.25) is 9.59 Å². The van der Waals surface area contributed by atoms with Crippen LogP contribution in [0, 0.1) is 0 Å². The number of hydrogen-bond donors (Lipinski definition) is 2. The van der Waals surface area contributed by atoms with Crippen molar-refractivity contribution in [3.8, 4) is 5.75 Å². The molecular weight excluding hydrogens is 288 g/mol. The van der Waals surface area contributed by atoms with Gasteiger partial charge < -0.3 is 15.4 Å². The van der Waals surface area contributed by atoms with Crippen LogP contribution in [0.4, 0.5) is 5.69 Å². The Hall–Kier alpha value is -1.95. The molecule has 0 saturated heterocycles. The number of nitrogens with one attached hydrogen (secondary N) is 2. The number of carbonyl (C=O) groups excluding carboxylic acids is 2. The predicted octanol–water partition coefficient (Wildman–Crippen LogP) is 2.19. The molecule has 5 nitrogen and oxygen atoms in total. The average molecular weight is 306 g/mol. The molecule has 0 spiro atoms. The summed E-state index contributed by atoms with van der Waals surface area (Å²) in [6.45, 7) is 6.45. The van der Waals surface area contributed by atoms with Gasteiger partial charge in [-0.15, -0.1) is 18.3 Å². The fraction of sp³-hybridized carbons (Fsp3) is 0.333. The number of ether oxygens (including phenoxy) is 1. The summed E-state index contributed by atoms with van der Waals surface area (Å²) in [5, 5.41) is 5.07. The van der Waals surface area contributed by atoms with Crippen LogP contribution in [-0.4, -0.2) is 30.2 Å². The maximum absolute atomic E-state index is 12.0. The van der Waals surface area contributed by atoms with E-state index in [1.807, 2.05) is 25.1 Å². The molecule has 0 radical (unpaired) electrons. The molecule has 0 aromatic heterocycles. The molecule has 1 aliphatic rings. The SMILES string of the molecule is C=CCNC(=O)CC1Sc2cc(OCC)ccc2NC1=O. The number of amides is 2. The van der Waals surface area contributed by atoms with E-state index in [-0.39, 0.29) is 18.2 Å². The molecule has 1 aromatic carbocycles. The first-order valence-corrected chi connectivity index (χ1v) is 7.64. The molecular formula is C15H18N2O3S. The van der Waals surface area contributed by atoms with Crippen molar-refractivity contribution in [2.75, 3.05) is 18.5 Å². The van der Waals surface area contributed by atoms with E-state index in [1.54, 1.807) is 6.08 Å². The van der Waals surface area contributed by atoms with Gasteiger partial charge in [0.1, 0.15) is 5.75 Å². The highest BCUT2D eigenvalue weighted by Crippen LogP contribution is 2.39. The number of fused-ring (bicyclic) bond motifs is 1. The van der Waals surface area contributed by atoms with Gasteiger partial charge in [0.15, 0.2) is 0 Å². The van der Waals surface area contributed by atoms with E-state index < -0.39 is 5.25 Å². The van der Waals surface area contributed by atoms with Crippen molar-refractivity contribution in [2.24, 2.45) is 0 Å². The van der Waals surface area contributed by atoms with Gasteiger partial charge in [0.05, 0.1) is 17.5 Å². The van der Waals surface area contributed by atoms with Gasteiger partial charge in [-0.2, -0.15) is 0 Å². The first-order valence-electron chi connectivity index (χ1n) is 6.76. The third-order valence-corrected chi connectivity index (χ3v) is 4.15. The van der Waals surface area contributed by atoms with Gasteiger partial charge in [0.2, 0.25) is 11.8 Å². The van der Waals surface area contributed by atoms with Crippen molar-refractivity contribution in [1.82, 2.24) is 5.32 Å². The zero-order valence-electron chi connectivity index (χ0n) is 11.8. The Kier molecular flexibility index (Phi) is 5.27. The van der Waals surface area contributed by atoms with E-state index in [9.17, 15) is 9.59 Å². The molecule has 1 aromatic rings. The van der Waals surface area contributed by atoms with E-state index in [4.69, 9.17) is 4.74 Å². The summed E-state index contributed by atoms with van der Waals surface area (Å²) in [4.78, 5) is 24.7. The lowest BCUT2D eigenvalue weighted by molar-refractivity contribution is -0.123. The molecule has 1 aliphatic heterocycles. The van der Waals surface area contributed by atoms with Gasteiger partial charge in [-0.05, 0) is 25.1 Å². The molecule has 0 saturated carbocycles. The predicted molar refractivity (Wildman–Crippen MR) is 83.7 cm³/mol. The Labute approximate surface area is 128 Å². The van der Waals surface area contributed by atoms with Crippen LogP contribution in [0.5, 0.6) is 5.75 Å². The number of anilines is 1. The fourth-order valence-corrected chi connectivity index (χ4v) is 3.08. The van der Waals surface area contributed by atoms with Gasteiger partial charge in [0.25, 0.3) is 0 Å². The third kappa shape index (κ3) is 4.01. The van der Waals surface area contributed by atoms with Gasteiger partial charge in [-0.1, -0.05) is 6.08 Å². The van der Waals surface area contributed by atoms with Crippen molar-refractivity contribution < 1.29 is 14.3 Å². The largest absolute Gasteiger partial charge is 0.494 e. The van der Waals surface area contributed by atoms with Crippen molar-refractivity contribution in [3.05, 3.63) is 30.9 Å². The summed E-state index contributed by atoms with van der Waals surface area (Å²) in [5.74, 6) is 0.451. The number of benzene rings is 1. The van der Waals surface area contributed by atoms with Crippen molar-refractivity contribution >= 4 is 29.3 Å². The highest BCUT2D eigenvalue weighted by Gasteiger charge is 2.29. The van der Waals surface area contributed by atoms with E-state index in [2.05, 4.69) is 17.2 Å². The summed E-state index contributed by atoms with van der Waals surface area (Å²) in [6, 6.07) is 5.52. The van der Waals surface area contributed by atoms with Gasteiger partial charge >= 0.3 is 0 Å². The smallest absolute Gasteiger partial charge is 0.238 e. The highest BCUT2D eigenvalue weighted by molar-refractivity contribution is 8.01. The molecule has 0 aliphatic carbocycles. The molecule has 1 heterocycles. The number of hydrogen-bond acceptors (Lipinski definition) is 4. The Morgan fingerprint density at radius 1 is 1.57 bits per heavy atom. The summed E-state index contributed by atoms with van der Waals surface area (Å²) in [7, 11) is 0. The maximum Gasteiger partial charge on any atom is 0.238 e. The number of thioether (sulfide) groups is 1. The Bertz CT molecular complexity index is 560. The summed E-state index contributed by atoms with van der Waals surface area (Å²) < 4.78 is 5.45. The lowest BCUT2D eigenvalue weighted by Gasteiger charge is -2.24. The van der Waals surface area contributed by atoms with E-state index in [1.165, 1.54) is 11.8 Å². The lowest BCUT2D eigenvalue weighted by Crippen LogP contribution is -2.34. The highest BCUT2D eigenvalue weighted by atomic mass is 32.2. The Balaban J connectivity index is 2.07. The van der Waals surface area contributed by atoms with Crippen LogP contribution in [0.1, 0.15) is 13.3 Å². The Morgan fingerprint density at radius 2 is 2.38 bits per heavy atom. The second-order valence-corrected chi connectivity index (χ2v) is 5.73. The molecule has 1 unspecified atom stereocenters. The normalized spacial score (nSPS) is 16.6. The average Bonchev–Trinajstić information content (AvgIpc) is 2.46. The quantitative estimate of drug-likeness (QED) is 0.791. The van der Waals surface area contributed by atoms with Crippen LogP contribution in [-0.2, 0) is 9.59 Å². The van der Waals surface area contributed by atoms with Crippen molar-refractivity contribution in [3.63, 3.8) is 0 Å². The van der Waals surface area contributed by atoms with Crippen LogP contribution >= 0.6 is 11.8 Å². The monoisotopic (exact) mass is 306 g/mol. The number of carbonyl (C=O) groups is 2. The zero-order valence-corrected chi connectivity index (χ0v) is 12.7. The second-order valence-electron chi connectivity index (χ2n) is 4.48. The topological polar surface area (TPSA) is 67.4 Å². The molecule has 2 rings (SSSR count). The zero-order chi connectivity index (χ0) is 15.2. The molecule has 0 bridgehead atoms. The number of rotatable bonds is 6. The first kappa shape index (κ1) is 15.4. The van der Waals surface area contributed by atoms with Crippen molar-refractivity contribution in [2.45, 2.75) is 23.5 Å². The standard InChI is InChI=1S/C15H18N2O3S/c1-3-7-16-14(18)9-13-15(19)17-11-6-5-10(20-4-2)8-12(11)21-13/h3,5-6,8,13H,1,4,7,9H2,2H3,(H,16,18)(H,17,19). The molecule has 0 fully saturated rings. The molecule has 112 valence electrons. The minimum Gasteiger partial charge on any atom is -0.494 e. The van der Waals surface area contributed by atoms with Gasteiger partial charge in [0, 0.05) is 17.9 Å². The Morgan fingerprint density at radius 3 is 3.10 bits per heavy atom. The van der Waals surface area contributed by atoms with Crippen LogP contribution in [0.25, 0.3) is 0 Å². The minimum atomic E-state index is -0.431. The third-order valence-electron chi connectivity index (χ3n) is 2.90. The van der Waals surface area contributed by atoms with Crippen LogP contribution < -0.4 is 15.4 Å². The summed E-state index contributed by atoms with van der Waals surface area (Å²) in [6.07, 6.45) is 1.75. The second kappa shape index (κ2) is 7.17. The molecule has 2 amide bonds. The lowest BCUT2D eigenvalue weighted by atomic mass is 10.2. The summed E-state index contributed by atoms with van der Waals surface area (Å²) in [5.41, 5.74) is 0.760. The molecule has 1 atom stereocenters. The van der Waals surface area contributed by atoms with Crippen LogP contribution in [0.2, 0.25) is 0 Å². The maximum atomic E-state index is 12.0. The molecule has 21 heavy (non-hydrogen) atoms. The van der Waals surface area contributed by atoms with Crippen LogP contribution in [0.3, 0.4) is 0 Å².